The van der Waals surface area contributed by atoms with Crippen molar-refractivity contribution < 1.29 is 4.39 Å². The first kappa shape index (κ1) is 11.8. The molecule has 0 radical (unpaired) electrons. The second-order valence-electron chi connectivity index (χ2n) is 3.53. The minimum absolute atomic E-state index is 0.276. The smallest absolute Gasteiger partial charge is 0.269 e. The number of hydrogen-bond donors (Lipinski definition) is 1. The van der Waals surface area contributed by atoms with Gasteiger partial charge in [0.25, 0.3) is 5.56 Å². The molecular formula is C11H9BrFN3O. The van der Waals surface area contributed by atoms with Crippen molar-refractivity contribution >= 4 is 21.6 Å². The molecule has 0 saturated carbocycles. The van der Waals surface area contributed by atoms with Crippen LogP contribution >= 0.6 is 15.9 Å². The van der Waals surface area contributed by atoms with Crippen LogP contribution in [0.5, 0.6) is 0 Å². The van der Waals surface area contributed by atoms with Crippen molar-refractivity contribution in [1.82, 2.24) is 9.78 Å². The summed E-state index contributed by atoms with van der Waals surface area (Å²) in [6, 6.07) is 5.84. The topological polar surface area (TPSA) is 60.9 Å². The third-order valence-corrected chi connectivity index (χ3v) is 2.81. The van der Waals surface area contributed by atoms with Crippen LogP contribution in [0.2, 0.25) is 0 Å². The quantitative estimate of drug-likeness (QED) is 0.919. The Labute approximate surface area is 105 Å². The van der Waals surface area contributed by atoms with E-state index >= 15 is 0 Å². The highest BCUT2D eigenvalue weighted by Crippen LogP contribution is 2.17. The number of nitrogens with two attached hydrogens (primary N) is 1. The lowest BCUT2D eigenvalue weighted by Gasteiger charge is -2.05. The van der Waals surface area contributed by atoms with Crippen molar-refractivity contribution in [3.8, 4) is 0 Å². The predicted molar refractivity (Wildman–Crippen MR) is 66.1 cm³/mol. The van der Waals surface area contributed by atoms with Crippen molar-refractivity contribution in [2.75, 3.05) is 5.73 Å². The molecule has 0 atom stereocenters. The second kappa shape index (κ2) is 4.67. The monoisotopic (exact) mass is 297 g/mol. The van der Waals surface area contributed by atoms with Gasteiger partial charge in [0.05, 0.1) is 22.9 Å². The maximum absolute atomic E-state index is 13.0. The van der Waals surface area contributed by atoms with E-state index in [0.29, 0.717) is 10.2 Å². The molecule has 6 heteroatoms. The zero-order valence-corrected chi connectivity index (χ0v) is 10.3. The van der Waals surface area contributed by atoms with Crippen LogP contribution in [0.25, 0.3) is 0 Å². The number of anilines is 1. The summed E-state index contributed by atoms with van der Waals surface area (Å²) in [7, 11) is 0. The van der Waals surface area contributed by atoms with Crippen LogP contribution < -0.4 is 11.3 Å². The second-order valence-corrected chi connectivity index (χ2v) is 4.39. The average Bonchev–Trinajstić information content (AvgIpc) is 2.27. The molecular weight excluding hydrogens is 289 g/mol. The van der Waals surface area contributed by atoms with Crippen LogP contribution in [0.3, 0.4) is 0 Å². The van der Waals surface area contributed by atoms with E-state index in [1.807, 2.05) is 0 Å². The molecule has 88 valence electrons. The van der Waals surface area contributed by atoms with E-state index in [-0.39, 0.29) is 17.9 Å². The molecule has 0 aliphatic carbocycles. The third-order valence-electron chi connectivity index (χ3n) is 2.21. The average molecular weight is 298 g/mol. The highest BCUT2D eigenvalue weighted by atomic mass is 79.9. The first-order valence-corrected chi connectivity index (χ1v) is 5.62. The molecule has 0 fully saturated rings. The lowest BCUT2D eigenvalue weighted by molar-refractivity contribution is 0.613. The Kier molecular flexibility index (Phi) is 3.23. The molecule has 0 unspecified atom stereocenters. The molecule has 4 nitrogen and oxygen atoms in total. The fourth-order valence-corrected chi connectivity index (χ4v) is 1.80. The van der Waals surface area contributed by atoms with E-state index in [0.717, 1.165) is 5.56 Å². The number of rotatable bonds is 2. The molecule has 2 N–H and O–H groups in total. The summed E-state index contributed by atoms with van der Waals surface area (Å²) in [4.78, 5) is 11.5. The van der Waals surface area contributed by atoms with Crippen molar-refractivity contribution in [1.29, 1.82) is 0 Å². The highest BCUT2D eigenvalue weighted by Gasteiger charge is 2.03. The standard InChI is InChI=1S/C11H9BrFN3O/c12-9-3-7(1-2-10(9)13)6-16-11(17)4-8(14)5-15-16/h1-5H,6,14H2. The molecule has 0 aliphatic heterocycles. The Hall–Kier alpha value is -1.69. The Morgan fingerprint density at radius 3 is 2.82 bits per heavy atom. The molecule has 17 heavy (non-hydrogen) atoms. The SMILES string of the molecule is Nc1cnn(Cc2ccc(F)c(Br)c2)c(=O)c1. The van der Waals surface area contributed by atoms with E-state index in [9.17, 15) is 9.18 Å². The summed E-state index contributed by atoms with van der Waals surface area (Å²) in [6.45, 7) is 0.276. The summed E-state index contributed by atoms with van der Waals surface area (Å²) in [5, 5.41) is 3.90. The van der Waals surface area contributed by atoms with E-state index in [1.54, 1.807) is 12.1 Å². The Morgan fingerprint density at radius 1 is 1.41 bits per heavy atom. The van der Waals surface area contributed by atoms with Gasteiger partial charge in [-0.3, -0.25) is 4.79 Å². The van der Waals surface area contributed by atoms with Crippen LogP contribution in [0.15, 0.2) is 39.7 Å². The maximum atomic E-state index is 13.0. The van der Waals surface area contributed by atoms with Gasteiger partial charge in [-0.15, -0.1) is 0 Å². The molecule has 1 aromatic heterocycles. The summed E-state index contributed by atoms with van der Waals surface area (Å²) >= 11 is 3.09. The molecule has 1 heterocycles. The van der Waals surface area contributed by atoms with Gasteiger partial charge in [-0.05, 0) is 33.6 Å². The molecule has 0 aliphatic rings. The predicted octanol–water partition coefficient (Wildman–Crippen LogP) is 1.78. The van der Waals surface area contributed by atoms with Gasteiger partial charge in [-0.2, -0.15) is 5.10 Å². The van der Waals surface area contributed by atoms with Crippen LogP contribution in [0.4, 0.5) is 10.1 Å². The number of benzene rings is 1. The van der Waals surface area contributed by atoms with Gasteiger partial charge >= 0.3 is 0 Å². The van der Waals surface area contributed by atoms with Gasteiger partial charge in [0.2, 0.25) is 0 Å². The van der Waals surface area contributed by atoms with Gasteiger partial charge in [0, 0.05) is 6.07 Å². The van der Waals surface area contributed by atoms with Crippen LogP contribution in [0, 0.1) is 5.82 Å². The Morgan fingerprint density at radius 2 is 2.18 bits per heavy atom. The number of hydrogen-bond acceptors (Lipinski definition) is 3. The Balaban J connectivity index is 2.31. The van der Waals surface area contributed by atoms with E-state index in [4.69, 9.17) is 5.73 Å². The lowest BCUT2D eigenvalue weighted by Crippen LogP contribution is -2.22. The first-order chi connectivity index (χ1) is 8.06. The number of nitrogens with zero attached hydrogens (tertiary/aromatic N) is 2. The number of nitrogen functional groups attached to an aromatic ring is 1. The summed E-state index contributed by atoms with van der Waals surface area (Å²) in [5.74, 6) is -0.341. The minimum atomic E-state index is -0.341. The summed E-state index contributed by atoms with van der Waals surface area (Å²) in [5.41, 5.74) is 6.25. The number of aromatic nitrogens is 2. The normalized spacial score (nSPS) is 10.5. The first-order valence-electron chi connectivity index (χ1n) is 4.83. The fraction of sp³-hybridized carbons (Fsp3) is 0.0909. The molecule has 0 amide bonds. The van der Waals surface area contributed by atoms with Crippen LogP contribution in [0.1, 0.15) is 5.56 Å². The number of halogens is 2. The molecule has 0 spiro atoms. The highest BCUT2D eigenvalue weighted by molar-refractivity contribution is 9.10. The summed E-state index contributed by atoms with van der Waals surface area (Å²) < 4.78 is 14.6. The minimum Gasteiger partial charge on any atom is -0.397 e. The molecule has 2 aromatic rings. The maximum Gasteiger partial charge on any atom is 0.269 e. The Bertz CT molecular complexity index is 612. The van der Waals surface area contributed by atoms with Gasteiger partial charge in [-0.25, -0.2) is 9.07 Å². The zero-order valence-electron chi connectivity index (χ0n) is 8.73. The van der Waals surface area contributed by atoms with Crippen molar-refractivity contribution in [2.45, 2.75) is 6.54 Å². The molecule has 2 rings (SSSR count). The third kappa shape index (κ3) is 2.71. The van der Waals surface area contributed by atoms with E-state index < -0.39 is 0 Å². The fourth-order valence-electron chi connectivity index (χ4n) is 1.38. The van der Waals surface area contributed by atoms with Gasteiger partial charge < -0.3 is 5.73 Å². The molecule has 1 aromatic carbocycles. The van der Waals surface area contributed by atoms with Gasteiger partial charge in [0.15, 0.2) is 0 Å². The van der Waals surface area contributed by atoms with E-state index in [2.05, 4.69) is 21.0 Å². The van der Waals surface area contributed by atoms with Crippen LogP contribution in [-0.4, -0.2) is 9.78 Å². The summed E-state index contributed by atoms with van der Waals surface area (Å²) in [6.07, 6.45) is 1.40. The van der Waals surface area contributed by atoms with Crippen molar-refractivity contribution in [3.05, 3.63) is 56.7 Å². The zero-order chi connectivity index (χ0) is 12.4. The van der Waals surface area contributed by atoms with Crippen LogP contribution in [-0.2, 0) is 6.54 Å². The largest absolute Gasteiger partial charge is 0.397 e. The lowest BCUT2D eigenvalue weighted by atomic mass is 10.2. The van der Waals surface area contributed by atoms with Crippen molar-refractivity contribution in [3.63, 3.8) is 0 Å². The van der Waals surface area contributed by atoms with Crippen molar-refractivity contribution in [2.24, 2.45) is 0 Å². The molecule has 0 saturated heterocycles. The van der Waals surface area contributed by atoms with E-state index in [1.165, 1.54) is 23.0 Å². The van der Waals surface area contributed by atoms with Gasteiger partial charge in [-0.1, -0.05) is 6.07 Å². The van der Waals surface area contributed by atoms with Gasteiger partial charge in [0.1, 0.15) is 5.82 Å². The molecule has 0 bridgehead atoms.